The average molecular weight is 169 g/mol. The van der Waals surface area contributed by atoms with Crippen LogP contribution in [0.2, 0.25) is 0 Å². The fourth-order valence-electron chi connectivity index (χ4n) is 0. The highest BCUT2D eigenvalue weighted by Gasteiger charge is 0.791. The lowest BCUT2D eigenvalue weighted by Gasteiger charge is -1.32. The number of isocyanates is 1. The summed E-state index contributed by atoms with van der Waals surface area (Å²) in [6, 6.07) is 0. The van der Waals surface area contributed by atoms with Crippen molar-refractivity contribution < 1.29 is 28.8 Å². The Morgan fingerprint density at radius 2 is 1.75 bits per heavy atom. The largest absolute Gasteiger partial charge is 1.00 e. The summed E-state index contributed by atoms with van der Waals surface area (Å²) in [5.74, 6) is 0. The third-order valence-corrected chi connectivity index (χ3v) is 0. The standard InChI is InChI=1S/CNO.HI/c2-1-3;/h;1H/q-1;/p-1. The van der Waals surface area contributed by atoms with E-state index in [-0.39, 0.29) is 24.0 Å². The summed E-state index contributed by atoms with van der Waals surface area (Å²) in [6.45, 7) is 0. The molecule has 0 bridgehead atoms. The summed E-state index contributed by atoms with van der Waals surface area (Å²) in [5, 5.41) is 6.76. The molecule has 0 aromatic heterocycles. The van der Waals surface area contributed by atoms with E-state index in [9.17, 15) is 0 Å². The van der Waals surface area contributed by atoms with Crippen molar-refractivity contribution in [1.29, 1.82) is 0 Å². The van der Waals surface area contributed by atoms with Gasteiger partial charge in [-0.1, -0.05) is 0 Å². The summed E-state index contributed by atoms with van der Waals surface area (Å²) < 4.78 is 0. The lowest BCUT2D eigenvalue weighted by molar-refractivity contribution is -0.00000177. The minimum absolute atomic E-state index is 0. The first-order chi connectivity index (χ1) is 1.41. The van der Waals surface area contributed by atoms with E-state index < -0.39 is 0 Å². The molecule has 2 nitrogen and oxygen atoms in total. The second-order valence-corrected chi connectivity index (χ2v) is 0.0913. The maximum atomic E-state index is 8.24. The molecule has 0 atom stereocenters. The quantitative estimate of drug-likeness (QED) is 0.215. The first kappa shape index (κ1) is 8.93. The molecule has 0 aromatic rings. The molecular formula is CINO-2. The Kier molecular flexibility index (Phi) is 25.1. The van der Waals surface area contributed by atoms with E-state index in [1.165, 1.54) is 0 Å². The summed E-state index contributed by atoms with van der Waals surface area (Å²) in [5.41, 5.74) is 0. The molecular weight excluding hydrogens is 169 g/mol. The fraction of sp³-hybridized carbons (Fsp3) is 0. The van der Waals surface area contributed by atoms with Crippen LogP contribution in [0.3, 0.4) is 0 Å². The van der Waals surface area contributed by atoms with E-state index in [0.717, 1.165) is 0 Å². The Labute approximate surface area is 40.7 Å². The van der Waals surface area contributed by atoms with Crippen molar-refractivity contribution in [3.8, 4) is 0 Å². The third-order valence-electron chi connectivity index (χ3n) is 0. The molecule has 0 amide bonds. The Bertz CT molecular complexity index is 29.0. The zero-order chi connectivity index (χ0) is 2.71. The van der Waals surface area contributed by atoms with Crippen molar-refractivity contribution in [1.82, 2.24) is 0 Å². The Morgan fingerprint density at radius 1 is 1.75 bits per heavy atom. The first-order valence-corrected chi connectivity index (χ1v) is 0.428. The van der Waals surface area contributed by atoms with Gasteiger partial charge in [0.25, 0.3) is 0 Å². The average Bonchev–Trinajstić information content (AvgIpc) is 0.918. The number of carbonyl (C=O) groups excluding carboxylic acids is 1. The van der Waals surface area contributed by atoms with Crippen molar-refractivity contribution in [2.24, 2.45) is 0 Å². The van der Waals surface area contributed by atoms with Gasteiger partial charge in [0.05, 0.1) is 0 Å². The summed E-state index contributed by atoms with van der Waals surface area (Å²) in [7, 11) is 0. The van der Waals surface area contributed by atoms with Crippen molar-refractivity contribution in [3.05, 3.63) is 5.41 Å². The molecule has 0 aromatic carbocycles. The monoisotopic (exact) mass is 169 g/mol. The molecule has 24 valence electrons. The molecule has 0 saturated carbocycles. The molecule has 0 N–H and O–H groups in total. The van der Waals surface area contributed by atoms with Crippen LogP contribution in [0.1, 0.15) is 0 Å². The normalized spacial score (nSPS) is 2.00. The third kappa shape index (κ3) is 215. The molecule has 4 heavy (non-hydrogen) atoms. The van der Waals surface area contributed by atoms with E-state index in [0.29, 0.717) is 6.08 Å². The highest BCUT2D eigenvalue weighted by molar-refractivity contribution is 5.36. The SMILES string of the molecule is [I-].[N-]=C=O. The maximum Gasteiger partial charge on any atom is -0.0159 e. The Balaban J connectivity index is 0. The van der Waals surface area contributed by atoms with E-state index in [1.807, 2.05) is 0 Å². The zero-order valence-corrected chi connectivity index (χ0v) is 3.89. The molecule has 0 fully saturated rings. The molecule has 0 radical (unpaired) electrons. The van der Waals surface area contributed by atoms with Crippen LogP contribution < -0.4 is 24.0 Å². The van der Waals surface area contributed by atoms with Crippen molar-refractivity contribution in [2.45, 2.75) is 0 Å². The van der Waals surface area contributed by atoms with Gasteiger partial charge in [-0.3, -0.25) is 4.79 Å². The van der Waals surface area contributed by atoms with Gasteiger partial charge in [-0.15, -0.1) is 0 Å². The van der Waals surface area contributed by atoms with Gasteiger partial charge in [-0.25, -0.2) is 0 Å². The van der Waals surface area contributed by atoms with Gasteiger partial charge in [0.15, 0.2) is 0 Å². The number of nitrogens with zero attached hydrogens (tertiary/aromatic N) is 1. The molecule has 0 rings (SSSR count). The molecule has 0 aliphatic rings. The van der Waals surface area contributed by atoms with Gasteiger partial charge in [-0.05, 0) is 6.08 Å². The van der Waals surface area contributed by atoms with Gasteiger partial charge in [0.2, 0.25) is 0 Å². The topological polar surface area (TPSA) is 39.4 Å². The van der Waals surface area contributed by atoms with Crippen LogP contribution in [0.15, 0.2) is 0 Å². The molecule has 0 spiro atoms. The van der Waals surface area contributed by atoms with Crippen LogP contribution in [0.25, 0.3) is 5.41 Å². The summed E-state index contributed by atoms with van der Waals surface area (Å²) in [6.07, 6.45) is 0.500. The van der Waals surface area contributed by atoms with Gasteiger partial charge < -0.3 is 29.4 Å². The van der Waals surface area contributed by atoms with Crippen LogP contribution in [0.5, 0.6) is 0 Å². The fourth-order valence-corrected chi connectivity index (χ4v) is 0. The molecule has 0 saturated heterocycles. The predicted octanol–water partition coefficient (Wildman–Crippen LogP) is -3.10. The van der Waals surface area contributed by atoms with Crippen LogP contribution in [0, 0.1) is 0 Å². The maximum absolute atomic E-state index is 8.24. The van der Waals surface area contributed by atoms with Crippen LogP contribution >= 0.6 is 0 Å². The van der Waals surface area contributed by atoms with Gasteiger partial charge in [0, 0.05) is 0 Å². The summed E-state index contributed by atoms with van der Waals surface area (Å²) in [4.78, 5) is 8.24. The zero-order valence-electron chi connectivity index (χ0n) is 1.73. The van der Waals surface area contributed by atoms with Crippen LogP contribution in [-0.4, -0.2) is 6.08 Å². The van der Waals surface area contributed by atoms with Crippen molar-refractivity contribution in [2.75, 3.05) is 0 Å². The van der Waals surface area contributed by atoms with Crippen LogP contribution in [0.4, 0.5) is 0 Å². The van der Waals surface area contributed by atoms with E-state index in [4.69, 9.17) is 10.2 Å². The van der Waals surface area contributed by atoms with Gasteiger partial charge in [0.1, 0.15) is 0 Å². The Hall–Kier alpha value is 0.110. The molecule has 0 aliphatic heterocycles. The number of hydrogen-bond acceptors (Lipinski definition) is 1. The van der Waals surface area contributed by atoms with Crippen molar-refractivity contribution >= 4 is 6.08 Å². The second kappa shape index (κ2) is 11.2. The highest BCUT2D eigenvalue weighted by Crippen LogP contribution is 0.949. The predicted molar refractivity (Wildman–Crippen MR) is 9.05 cm³/mol. The minimum atomic E-state index is 0. The molecule has 0 aliphatic carbocycles. The van der Waals surface area contributed by atoms with E-state index in [2.05, 4.69) is 0 Å². The first-order valence-electron chi connectivity index (χ1n) is 0.428. The van der Waals surface area contributed by atoms with Gasteiger partial charge >= 0.3 is 0 Å². The van der Waals surface area contributed by atoms with Gasteiger partial charge in [-0.2, -0.15) is 0 Å². The summed E-state index contributed by atoms with van der Waals surface area (Å²) >= 11 is 0. The number of rotatable bonds is 0. The van der Waals surface area contributed by atoms with E-state index in [1.54, 1.807) is 0 Å². The lowest BCUT2D eigenvalue weighted by Crippen LogP contribution is -3.00. The molecule has 0 heterocycles. The van der Waals surface area contributed by atoms with E-state index >= 15 is 0 Å². The van der Waals surface area contributed by atoms with Crippen LogP contribution in [-0.2, 0) is 4.79 Å². The van der Waals surface area contributed by atoms with Crippen molar-refractivity contribution in [3.63, 3.8) is 0 Å². The Morgan fingerprint density at radius 3 is 1.75 bits per heavy atom. The second-order valence-electron chi connectivity index (χ2n) is 0.0913. The number of hydrogen-bond donors (Lipinski definition) is 0. The smallest absolute Gasteiger partial charge is 0.0159 e. The molecule has 0 unspecified atom stereocenters. The highest BCUT2D eigenvalue weighted by atomic mass is 127. The minimum Gasteiger partial charge on any atom is -1.00 e. The number of halogens is 1. The molecule has 3 heteroatoms. The lowest BCUT2D eigenvalue weighted by atomic mass is 11.7.